The predicted molar refractivity (Wildman–Crippen MR) is 118 cm³/mol. The van der Waals surface area contributed by atoms with Crippen molar-refractivity contribution in [3.05, 3.63) is 77.7 Å². The van der Waals surface area contributed by atoms with Crippen molar-refractivity contribution < 1.29 is 22.8 Å². The molecule has 2 aromatic carbocycles. The van der Waals surface area contributed by atoms with Crippen molar-refractivity contribution in [1.29, 1.82) is 0 Å². The average molecular weight is 443 g/mol. The molecule has 0 radical (unpaired) electrons. The van der Waals surface area contributed by atoms with Crippen LogP contribution in [0.3, 0.4) is 0 Å². The molecule has 0 bridgehead atoms. The molecular weight excluding hydrogens is 420 g/mol. The minimum atomic E-state index is -3.15. The quantitative estimate of drug-likeness (QED) is 0.397. The first kappa shape index (κ1) is 22.6. The normalized spacial score (nSPS) is 11.7. The van der Waals surface area contributed by atoms with Crippen molar-refractivity contribution in [1.82, 2.24) is 9.78 Å². The number of hydrogen-bond donors (Lipinski definition) is 1. The highest BCUT2D eigenvalue weighted by Gasteiger charge is 2.21. The second-order valence-electron chi connectivity index (χ2n) is 6.73. The number of nitrogens with zero attached hydrogens (tertiary/aromatic N) is 2. The van der Waals surface area contributed by atoms with E-state index in [0.717, 1.165) is 22.4 Å². The lowest BCUT2D eigenvalue weighted by molar-refractivity contribution is -0.111. The molecule has 1 N–H and O–H groups in total. The molecule has 3 aromatic rings. The number of halogens is 1. The summed E-state index contributed by atoms with van der Waals surface area (Å²) in [6.07, 6.45) is 4.84. The van der Waals surface area contributed by atoms with Crippen molar-refractivity contribution in [3.63, 3.8) is 0 Å². The van der Waals surface area contributed by atoms with Crippen molar-refractivity contribution in [2.45, 2.75) is 6.16 Å². The van der Waals surface area contributed by atoms with E-state index in [1.165, 1.54) is 32.4 Å². The molecule has 7 nitrogen and oxygen atoms in total. The summed E-state index contributed by atoms with van der Waals surface area (Å²) < 4.78 is 37.0. The summed E-state index contributed by atoms with van der Waals surface area (Å²) in [5.74, 6) is -0.637. The largest absolute Gasteiger partial charge is 0.334 e. The third-order valence-corrected chi connectivity index (χ3v) is 6.52. The van der Waals surface area contributed by atoms with Gasteiger partial charge in [0.05, 0.1) is 18.1 Å². The second-order valence-corrected chi connectivity index (χ2v) is 9.00. The lowest BCUT2D eigenvalue weighted by atomic mass is 10.1. The predicted octanol–water partition coefficient (Wildman–Crippen LogP) is 4.86. The number of carbonyl (C=O) groups excluding carboxylic acids is 1. The SMILES string of the molecule is COP(=O)(Cc1ccc(NC(=O)/C=C/c2cnn(C)c2-c2ccc(F)cc2)cc1)OC. The molecule has 0 saturated carbocycles. The van der Waals surface area contributed by atoms with Gasteiger partial charge in [0.2, 0.25) is 5.91 Å². The average Bonchev–Trinajstić information content (AvgIpc) is 3.14. The second kappa shape index (κ2) is 9.83. The Morgan fingerprint density at radius 1 is 1.13 bits per heavy atom. The summed E-state index contributed by atoms with van der Waals surface area (Å²) in [6, 6.07) is 13.0. The molecule has 31 heavy (non-hydrogen) atoms. The van der Waals surface area contributed by atoms with Gasteiger partial charge in [-0.3, -0.25) is 14.0 Å². The highest BCUT2D eigenvalue weighted by Crippen LogP contribution is 2.49. The monoisotopic (exact) mass is 443 g/mol. The smallest absolute Gasteiger partial charge is 0.323 e. The van der Waals surface area contributed by atoms with Crippen LogP contribution in [-0.2, 0) is 31.6 Å². The lowest BCUT2D eigenvalue weighted by Gasteiger charge is -2.13. The van der Waals surface area contributed by atoms with Crippen LogP contribution in [-0.4, -0.2) is 29.9 Å². The molecular formula is C22H23FN3O4P. The van der Waals surface area contributed by atoms with Gasteiger partial charge in [-0.25, -0.2) is 4.39 Å². The van der Waals surface area contributed by atoms with Crippen LogP contribution in [0.25, 0.3) is 17.3 Å². The number of benzene rings is 2. The molecule has 0 atom stereocenters. The molecule has 1 heterocycles. The van der Waals surface area contributed by atoms with E-state index < -0.39 is 7.60 Å². The van der Waals surface area contributed by atoms with Crippen LogP contribution in [0.4, 0.5) is 10.1 Å². The minimum Gasteiger partial charge on any atom is -0.323 e. The Balaban J connectivity index is 1.68. The number of anilines is 1. The van der Waals surface area contributed by atoms with Crippen LogP contribution < -0.4 is 5.32 Å². The van der Waals surface area contributed by atoms with E-state index in [2.05, 4.69) is 10.4 Å². The van der Waals surface area contributed by atoms with Crippen LogP contribution in [0.15, 0.2) is 60.8 Å². The zero-order chi connectivity index (χ0) is 22.4. The molecule has 162 valence electrons. The fourth-order valence-electron chi connectivity index (χ4n) is 3.01. The number of hydrogen-bond acceptors (Lipinski definition) is 5. The fraction of sp³-hybridized carbons (Fsp3) is 0.182. The molecule has 1 amide bonds. The van der Waals surface area contributed by atoms with E-state index in [4.69, 9.17) is 9.05 Å². The topological polar surface area (TPSA) is 82.5 Å². The fourth-order valence-corrected chi connectivity index (χ4v) is 4.07. The van der Waals surface area contributed by atoms with E-state index in [-0.39, 0.29) is 17.9 Å². The van der Waals surface area contributed by atoms with Crippen LogP contribution in [0.2, 0.25) is 0 Å². The summed E-state index contributed by atoms with van der Waals surface area (Å²) in [4.78, 5) is 12.3. The molecule has 0 aliphatic heterocycles. The first-order chi connectivity index (χ1) is 14.8. The number of aryl methyl sites for hydroxylation is 1. The third-order valence-electron chi connectivity index (χ3n) is 4.65. The van der Waals surface area contributed by atoms with Crippen molar-refractivity contribution in [2.24, 2.45) is 7.05 Å². The Hall–Kier alpha value is -3.06. The summed E-state index contributed by atoms with van der Waals surface area (Å²) >= 11 is 0. The standard InChI is InChI=1S/C22H23FN3O4P/c1-26-22(17-6-9-19(23)10-7-17)18(14-24-26)8-13-21(27)25-20-11-4-16(5-12-20)15-31(28,29-2)30-3/h4-14H,15H2,1-3H3,(H,25,27)/b13-8+. The molecule has 1 aromatic heterocycles. The van der Waals surface area contributed by atoms with Gasteiger partial charge in [0.25, 0.3) is 0 Å². The van der Waals surface area contributed by atoms with Crippen molar-refractivity contribution in [3.8, 4) is 11.3 Å². The zero-order valence-corrected chi connectivity index (χ0v) is 18.3. The van der Waals surface area contributed by atoms with Crippen LogP contribution in [0.1, 0.15) is 11.1 Å². The Morgan fingerprint density at radius 3 is 2.39 bits per heavy atom. The highest BCUT2D eigenvalue weighted by atomic mass is 31.2. The molecule has 0 spiro atoms. The van der Waals surface area contributed by atoms with E-state index in [1.54, 1.807) is 60.4 Å². The maximum atomic E-state index is 13.2. The Kier molecular flexibility index (Phi) is 7.17. The molecule has 9 heteroatoms. The van der Waals surface area contributed by atoms with E-state index in [9.17, 15) is 13.8 Å². The van der Waals surface area contributed by atoms with Gasteiger partial charge < -0.3 is 14.4 Å². The molecule has 0 aliphatic rings. The van der Waals surface area contributed by atoms with Gasteiger partial charge in [0, 0.05) is 44.2 Å². The number of aromatic nitrogens is 2. The molecule has 3 rings (SSSR count). The lowest BCUT2D eigenvalue weighted by Crippen LogP contribution is -2.07. The number of nitrogens with one attached hydrogen (secondary N) is 1. The minimum absolute atomic E-state index is 0.140. The van der Waals surface area contributed by atoms with E-state index in [1.807, 2.05) is 0 Å². The maximum absolute atomic E-state index is 13.2. The molecule has 0 saturated heterocycles. The summed E-state index contributed by atoms with van der Waals surface area (Å²) in [7, 11) is 1.32. The van der Waals surface area contributed by atoms with Gasteiger partial charge >= 0.3 is 7.60 Å². The summed E-state index contributed by atoms with van der Waals surface area (Å²) in [5.41, 5.74) is 3.65. The Morgan fingerprint density at radius 2 is 1.77 bits per heavy atom. The Bertz CT molecular complexity index is 1120. The zero-order valence-electron chi connectivity index (χ0n) is 17.4. The van der Waals surface area contributed by atoms with Gasteiger partial charge in [-0.15, -0.1) is 0 Å². The highest BCUT2D eigenvalue weighted by molar-refractivity contribution is 7.52. The summed E-state index contributed by atoms with van der Waals surface area (Å²) in [6.45, 7) is 0. The van der Waals surface area contributed by atoms with Crippen molar-refractivity contribution in [2.75, 3.05) is 19.5 Å². The number of carbonyl (C=O) groups is 1. The first-order valence-corrected chi connectivity index (χ1v) is 11.1. The van der Waals surface area contributed by atoms with Gasteiger partial charge in [-0.2, -0.15) is 5.10 Å². The van der Waals surface area contributed by atoms with E-state index in [0.29, 0.717) is 5.69 Å². The molecule has 0 fully saturated rings. The van der Waals surface area contributed by atoms with Crippen LogP contribution in [0.5, 0.6) is 0 Å². The van der Waals surface area contributed by atoms with Crippen LogP contribution in [0, 0.1) is 5.82 Å². The van der Waals surface area contributed by atoms with Gasteiger partial charge in [0.15, 0.2) is 0 Å². The van der Waals surface area contributed by atoms with E-state index >= 15 is 0 Å². The van der Waals surface area contributed by atoms with Crippen molar-refractivity contribution >= 4 is 25.3 Å². The van der Waals surface area contributed by atoms with Gasteiger partial charge in [-0.05, 0) is 48.0 Å². The maximum Gasteiger partial charge on any atom is 0.334 e. The van der Waals surface area contributed by atoms with Gasteiger partial charge in [0.1, 0.15) is 5.82 Å². The van der Waals surface area contributed by atoms with Crippen LogP contribution >= 0.6 is 7.60 Å². The van der Waals surface area contributed by atoms with Gasteiger partial charge in [-0.1, -0.05) is 12.1 Å². The number of rotatable bonds is 8. The number of amides is 1. The Labute approximate surface area is 180 Å². The molecule has 0 unspecified atom stereocenters. The summed E-state index contributed by atoms with van der Waals surface area (Å²) in [5, 5.41) is 7.00. The molecule has 0 aliphatic carbocycles. The first-order valence-electron chi connectivity index (χ1n) is 9.40. The third kappa shape index (κ3) is 5.76.